The number of ether oxygens (including phenoxy) is 1. The van der Waals surface area contributed by atoms with Crippen LogP contribution in [-0.4, -0.2) is 41.7 Å². The number of nitro groups is 1. The Bertz CT molecular complexity index is 690. The number of anilines is 1. The molecule has 1 aromatic carbocycles. The zero-order valence-corrected chi connectivity index (χ0v) is 20.4. The van der Waals surface area contributed by atoms with Crippen molar-refractivity contribution in [2.24, 2.45) is 0 Å². The molecule has 0 aliphatic rings. The topological polar surface area (TPSA) is 122 Å². The molecule has 1 rings (SSSR count). The zero-order valence-electron chi connectivity index (χ0n) is 14.4. The summed E-state index contributed by atoms with van der Waals surface area (Å²) in [6, 6.07) is 1.93. The van der Waals surface area contributed by atoms with Crippen LogP contribution in [0.4, 0.5) is 11.4 Å². The quantitative estimate of drug-likeness (QED) is 0.106. The molecule has 142 valence electrons. The van der Waals surface area contributed by atoms with E-state index in [0.717, 1.165) is 36.0 Å². The van der Waals surface area contributed by atoms with Gasteiger partial charge in [0.05, 0.1) is 17.2 Å². The molecule has 0 radical (unpaired) electrons. The normalized spacial score (nSPS) is 10.9. The summed E-state index contributed by atoms with van der Waals surface area (Å²) in [4.78, 5) is 9.59. The number of benzene rings is 1. The van der Waals surface area contributed by atoms with Crippen molar-refractivity contribution in [3.8, 4) is 5.75 Å². The van der Waals surface area contributed by atoms with Crippen LogP contribution in [0.5, 0.6) is 5.75 Å². The summed E-state index contributed by atoms with van der Waals surface area (Å²) in [5.74, 6) is -0.158. The molecule has 0 amide bonds. The van der Waals surface area contributed by atoms with Crippen LogP contribution in [0.2, 0.25) is 0 Å². The predicted octanol–water partition coefficient (Wildman–Crippen LogP) is 0.644. The predicted molar refractivity (Wildman–Crippen MR) is 101 cm³/mol. The number of alkyl halides is 2. The number of nitrogens with zero attached hydrogens (tertiary/aromatic N) is 1. The van der Waals surface area contributed by atoms with E-state index in [0.29, 0.717) is 13.0 Å². The molecule has 0 heterocycles. The number of nitrogens with one attached hydrogen (secondary N) is 1. The van der Waals surface area contributed by atoms with E-state index in [1.807, 2.05) is 0 Å². The van der Waals surface area contributed by atoms with Gasteiger partial charge in [-0.25, -0.2) is 8.42 Å². The second kappa shape index (κ2) is 13.3. The Kier molecular flexibility index (Phi) is 13.3. The SMILES string of the molecule is O=[N+]([O-])c1cc(NCCCCBr)c(OCCCCBr)c(S(=O)(=O)[O-])c1.[Na+]. The second-order valence-corrected chi connectivity index (χ2v) is 8.03. The van der Waals surface area contributed by atoms with Crippen LogP contribution in [0.1, 0.15) is 25.7 Å². The first-order valence-electron chi connectivity index (χ1n) is 7.58. The number of nitro benzene ring substituents is 1. The van der Waals surface area contributed by atoms with Crippen molar-refractivity contribution in [3.63, 3.8) is 0 Å². The van der Waals surface area contributed by atoms with E-state index < -0.39 is 25.6 Å². The van der Waals surface area contributed by atoms with Crippen LogP contribution < -0.4 is 39.6 Å². The molecule has 26 heavy (non-hydrogen) atoms. The van der Waals surface area contributed by atoms with Gasteiger partial charge in [0.15, 0.2) is 5.75 Å². The molecular formula is C14H19Br2N2NaO6S. The number of hydrogen-bond acceptors (Lipinski definition) is 7. The molecule has 0 aliphatic heterocycles. The van der Waals surface area contributed by atoms with Gasteiger partial charge < -0.3 is 14.6 Å². The Balaban J connectivity index is 0.00000625. The van der Waals surface area contributed by atoms with Crippen molar-refractivity contribution >= 4 is 53.4 Å². The van der Waals surface area contributed by atoms with E-state index in [1.54, 1.807) is 0 Å². The molecule has 0 saturated heterocycles. The number of rotatable bonds is 12. The first kappa shape index (κ1) is 26.1. The van der Waals surface area contributed by atoms with E-state index in [1.165, 1.54) is 6.07 Å². The Hall–Kier alpha value is 0.0900. The molecule has 0 aromatic heterocycles. The minimum atomic E-state index is -4.93. The maximum absolute atomic E-state index is 11.5. The number of non-ortho nitro benzene ring substituents is 1. The van der Waals surface area contributed by atoms with Gasteiger partial charge in [0.2, 0.25) is 0 Å². The van der Waals surface area contributed by atoms with Crippen molar-refractivity contribution in [1.29, 1.82) is 0 Å². The molecule has 0 atom stereocenters. The van der Waals surface area contributed by atoms with Crippen LogP contribution in [0.15, 0.2) is 17.0 Å². The number of unbranched alkanes of at least 4 members (excludes halogenated alkanes) is 2. The molecule has 0 unspecified atom stereocenters. The molecule has 12 heteroatoms. The molecule has 8 nitrogen and oxygen atoms in total. The van der Waals surface area contributed by atoms with Crippen LogP contribution in [-0.2, 0) is 10.1 Å². The summed E-state index contributed by atoms with van der Waals surface area (Å²) in [7, 11) is -4.93. The van der Waals surface area contributed by atoms with Crippen LogP contribution in [0, 0.1) is 10.1 Å². The maximum atomic E-state index is 11.5. The Labute approximate surface area is 191 Å². The number of halogens is 2. The van der Waals surface area contributed by atoms with Gasteiger partial charge in [-0.05, 0) is 25.7 Å². The van der Waals surface area contributed by atoms with Crippen molar-refractivity contribution in [3.05, 3.63) is 22.2 Å². The zero-order chi connectivity index (χ0) is 18.9. The van der Waals surface area contributed by atoms with Crippen molar-refractivity contribution < 1.29 is 52.2 Å². The summed E-state index contributed by atoms with van der Waals surface area (Å²) in [6.45, 7) is 0.658. The average Bonchev–Trinajstić information content (AvgIpc) is 2.54. The van der Waals surface area contributed by atoms with Crippen LogP contribution >= 0.6 is 31.9 Å². The average molecular weight is 526 g/mol. The fourth-order valence-electron chi connectivity index (χ4n) is 1.97. The minimum Gasteiger partial charge on any atom is -0.744 e. The summed E-state index contributed by atoms with van der Waals surface area (Å²) in [5.41, 5.74) is -0.345. The third kappa shape index (κ3) is 8.85. The molecular weight excluding hydrogens is 507 g/mol. The van der Waals surface area contributed by atoms with Crippen LogP contribution in [0.25, 0.3) is 0 Å². The van der Waals surface area contributed by atoms with Crippen molar-refractivity contribution in [2.75, 3.05) is 29.1 Å². The minimum absolute atomic E-state index is 0. The summed E-state index contributed by atoms with van der Waals surface area (Å²) in [5, 5.41) is 15.6. The van der Waals surface area contributed by atoms with Gasteiger partial charge in [-0.1, -0.05) is 31.9 Å². The van der Waals surface area contributed by atoms with Gasteiger partial charge in [0.1, 0.15) is 15.0 Å². The van der Waals surface area contributed by atoms with Crippen molar-refractivity contribution in [1.82, 2.24) is 0 Å². The largest absolute Gasteiger partial charge is 1.00 e. The summed E-state index contributed by atoms with van der Waals surface area (Å²) in [6.07, 6.45) is 3.08. The number of hydrogen-bond donors (Lipinski definition) is 1. The molecule has 0 saturated carbocycles. The van der Waals surface area contributed by atoms with E-state index >= 15 is 0 Å². The second-order valence-electron chi connectivity index (χ2n) is 5.10. The fourth-order valence-corrected chi connectivity index (χ4v) is 3.43. The summed E-state index contributed by atoms with van der Waals surface area (Å²) >= 11 is 6.58. The molecule has 0 spiro atoms. The molecule has 1 aromatic rings. The Morgan fingerprint density at radius 1 is 1.12 bits per heavy atom. The summed E-state index contributed by atoms with van der Waals surface area (Å²) < 4.78 is 40.1. The van der Waals surface area contributed by atoms with E-state index in [-0.39, 0.29) is 47.6 Å². The molecule has 1 N–H and O–H groups in total. The third-order valence-electron chi connectivity index (χ3n) is 3.17. The smallest absolute Gasteiger partial charge is 0.744 e. The van der Waals surface area contributed by atoms with E-state index in [9.17, 15) is 23.1 Å². The fraction of sp³-hybridized carbons (Fsp3) is 0.571. The first-order valence-corrected chi connectivity index (χ1v) is 11.2. The van der Waals surface area contributed by atoms with Gasteiger partial charge in [-0.3, -0.25) is 10.1 Å². The van der Waals surface area contributed by atoms with Crippen molar-refractivity contribution in [2.45, 2.75) is 30.6 Å². The van der Waals surface area contributed by atoms with Gasteiger partial charge in [0, 0.05) is 29.3 Å². The van der Waals surface area contributed by atoms with Crippen LogP contribution in [0.3, 0.4) is 0 Å². The van der Waals surface area contributed by atoms with E-state index in [4.69, 9.17) is 4.74 Å². The maximum Gasteiger partial charge on any atom is 1.00 e. The Morgan fingerprint density at radius 2 is 1.73 bits per heavy atom. The van der Waals surface area contributed by atoms with Gasteiger partial charge in [0.25, 0.3) is 5.69 Å². The third-order valence-corrected chi connectivity index (χ3v) is 5.13. The molecule has 0 bridgehead atoms. The van der Waals surface area contributed by atoms with Gasteiger partial charge >= 0.3 is 29.6 Å². The van der Waals surface area contributed by atoms with Gasteiger partial charge in [-0.15, -0.1) is 0 Å². The monoisotopic (exact) mass is 524 g/mol. The van der Waals surface area contributed by atoms with Gasteiger partial charge in [-0.2, -0.15) is 0 Å². The molecule has 0 aliphatic carbocycles. The molecule has 0 fully saturated rings. The van der Waals surface area contributed by atoms with E-state index in [2.05, 4.69) is 37.2 Å². The first-order chi connectivity index (χ1) is 11.8. The standard InChI is InChI=1S/C14H20Br2N2O6S.Na/c15-5-1-3-7-17-12-9-11(18(19)20)10-13(25(21,22)23)14(12)24-8-4-2-6-16;/h9-10,17H,1-8H2,(H,21,22,23);/q;+1/p-1. The Morgan fingerprint density at radius 3 is 2.27 bits per heavy atom.